The van der Waals surface area contributed by atoms with Gasteiger partial charge in [0.2, 0.25) is 0 Å². The van der Waals surface area contributed by atoms with Crippen molar-refractivity contribution in [2.24, 2.45) is 5.73 Å². The minimum atomic E-state index is -1.07. The van der Waals surface area contributed by atoms with E-state index < -0.39 is 23.9 Å². The first-order chi connectivity index (χ1) is 21.8. The molecule has 0 spiro atoms. The number of imide groups is 1. The highest BCUT2D eigenvalue weighted by Crippen LogP contribution is 2.23. The van der Waals surface area contributed by atoms with E-state index in [9.17, 15) is 14.4 Å². The Bertz CT molecular complexity index is 1580. The monoisotopic (exact) mass is 646 g/mol. The zero-order valence-electron chi connectivity index (χ0n) is 25.0. The van der Waals surface area contributed by atoms with Gasteiger partial charge in [0, 0.05) is 31.6 Å². The van der Waals surface area contributed by atoms with Crippen LogP contribution >= 0.6 is 23.2 Å². The molecule has 4 amide bonds. The summed E-state index contributed by atoms with van der Waals surface area (Å²) < 4.78 is 5.55. The molecule has 0 saturated heterocycles. The minimum absolute atomic E-state index is 0.100. The number of nitrogens with one attached hydrogen (secondary N) is 2. The number of rotatable bonds is 13. The van der Waals surface area contributed by atoms with E-state index in [4.69, 9.17) is 33.7 Å². The highest BCUT2D eigenvalue weighted by molar-refractivity contribution is 6.42. The number of hydrogen-bond donors (Lipinski definition) is 3. The molecule has 0 saturated carbocycles. The van der Waals surface area contributed by atoms with E-state index in [1.165, 1.54) is 18.2 Å². The summed E-state index contributed by atoms with van der Waals surface area (Å²) in [4.78, 5) is 42.4. The topological polar surface area (TPSA) is 114 Å². The second-order valence-electron chi connectivity index (χ2n) is 10.3. The maximum absolute atomic E-state index is 14.2. The van der Waals surface area contributed by atoms with Gasteiger partial charge in [0.25, 0.3) is 11.8 Å². The van der Waals surface area contributed by atoms with Gasteiger partial charge < -0.3 is 21.1 Å². The largest absolute Gasteiger partial charge is 0.494 e. The van der Waals surface area contributed by atoms with Crippen LogP contribution in [-0.2, 0) is 30.7 Å². The zero-order chi connectivity index (χ0) is 32.2. The average molecular weight is 648 g/mol. The van der Waals surface area contributed by atoms with Crippen LogP contribution in [0.3, 0.4) is 0 Å². The smallest absolute Gasteiger partial charge is 0.324 e. The van der Waals surface area contributed by atoms with Crippen LogP contribution in [0.2, 0.25) is 10.0 Å². The summed E-state index contributed by atoms with van der Waals surface area (Å²) >= 11 is 12.2. The Morgan fingerprint density at radius 2 is 1.49 bits per heavy atom. The fraction of sp³-hybridized carbons (Fsp3) is 0.229. The summed E-state index contributed by atoms with van der Waals surface area (Å²) in [5, 5.41) is 6.21. The minimum Gasteiger partial charge on any atom is -0.494 e. The van der Waals surface area contributed by atoms with Crippen LogP contribution in [0.5, 0.6) is 5.75 Å². The van der Waals surface area contributed by atoms with E-state index in [0.29, 0.717) is 30.3 Å². The highest BCUT2D eigenvalue weighted by atomic mass is 35.5. The van der Waals surface area contributed by atoms with Crippen LogP contribution in [0.15, 0.2) is 97.1 Å². The molecule has 10 heteroatoms. The van der Waals surface area contributed by atoms with E-state index in [1.807, 2.05) is 73.7 Å². The average Bonchev–Trinajstić information content (AvgIpc) is 3.06. The fourth-order valence-corrected chi connectivity index (χ4v) is 4.95. The van der Waals surface area contributed by atoms with Gasteiger partial charge in [0.1, 0.15) is 11.8 Å². The molecular formula is C35H36Cl2N4O4. The Kier molecular flexibility index (Phi) is 12.4. The molecule has 0 aliphatic carbocycles. The Hall–Kier alpha value is -4.37. The molecule has 45 heavy (non-hydrogen) atoms. The fourth-order valence-electron chi connectivity index (χ4n) is 4.65. The number of amides is 4. The van der Waals surface area contributed by atoms with Gasteiger partial charge in [-0.15, -0.1) is 0 Å². The van der Waals surface area contributed by atoms with E-state index in [2.05, 4.69) is 10.6 Å². The van der Waals surface area contributed by atoms with E-state index in [-0.39, 0.29) is 30.1 Å². The predicted octanol–water partition coefficient (Wildman–Crippen LogP) is 6.17. The second-order valence-corrected chi connectivity index (χ2v) is 11.2. The molecule has 0 aliphatic heterocycles. The molecule has 0 heterocycles. The van der Waals surface area contributed by atoms with E-state index >= 15 is 0 Å². The van der Waals surface area contributed by atoms with Gasteiger partial charge in [-0.05, 0) is 65.9 Å². The van der Waals surface area contributed by atoms with Crippen molar-refractivity contribution in [3.8, 4) is 5.75 Å². The molecule has 0 fully saturated rings. The Balaban J connectivity index is 1.60. The number of halogens is 2. The first kappa shape index (κ1) is 33.5. The molecule has 4 aromatic carbocycles. The molecular weight excluding hydrogens is 611 g/mol. The van der Waals surface area contributed by atoms with Gasteiger partial charge in [-0.3, -0.25) is 14.5 Å². The normalized spacial score (nSPS) is 11.4. The van der Waals surface area contributed by atoms with Gasteiger partial charge in [-0.1, -0.05) is 89.9 Å². The van der Waals surface area contributed by atoms with E-state index in [1.54, 1.807) is 12.1 Å². The van der Waals surface area contributed by atoms with Crippen molar-refractivity contribution in [2.75, 3.05) is 13.2 Å². The van der Waals surface area contributed by atoms with Crippen molar-refractivity contribution in [2.45, 2.75) is 38.9 Å². The summed E-state index contributed by atoms with van der Waals surface area (Å²) in [7, 11) is 0. The quantitative estimate of drug-likeness (QED) is 0.161. The number of nitrogens with two attached hydrogens (primary N) is 1. The van der Waals surface area contributed by atoms with Crippen molar-refractivity contribution in [1.82, 2.24) is 15.5 Å². The molecule has 0 aliphatic rings. The number of ether oxygens (including phenoxy) is 1. The lowest BCUT2D eigenvalue weighted by Crippen LogP contribution is -2.54. The summed E-state index contributed by atoms with van der Waals surface area (Å²) in [6.07, 6.45) is 0.565. The summed E-state index contributed by atoms with van der Waals surface area (Å²) in [5.74, 6) is -0.391. The summed E-state index contributed by atoms with van der Waals surface area (Å²) in [5.41, 5.74) is 9.50. The van der Waals surface area contributed by atoms with Gasteiger partial charge in [0.05, 0.1) is 16.7 Å². The lowest BCUT2D eigenvalue weighted by Gasteiger charge is -2.27. The number of benzene rings is 4. The molecule has 0 aromatic heterocycles. The van der Waals surface area contributed by atoms with Crippen LogP contribution in [0.25, 0.3) is 0 Å². The highest BCUT2D eigenvalue weighted by Gasteiger charge is 2.31. The summed E-state index contributed by atoms with van der Waals surface area (Å²) in [6, 6.07) is 27.2. The SMILES string of the molecule is CCOc1ccc(C[C@@H](NC(=O)c2ccc(Cl)c(Cl)c2)C(=O)N(CCc2ccccc2)C(=O)NCc2ccc(CN)cc2)cc1. The molecule has 0 bridgehead atoms. The number of nitrogens with zero attached hydrogens (tertiary/aromatic N) is 1. The Morgan fingerprint density at radius 3 is 2.13 bits per heavy atom. The lowest BCUT2D eigenvalue weighted by molar-refractivity contribution is -0.130. The lowest BCUT2D eigenvalue weighted by atomic mass is 10.0. The first-order valence-electron chi connectivity index (χ1n) is 14.7. The Labute approximate surface area is 273 Å². The van der Waals surface area contributed by atoms with Gasteiger partial charge >= 0.3 is 6.03 Å². The van der Waals surface area contributed by atoms with Crippen molar-refractivity contribution in [3.63, 3.8) is 0 Å². The molecule has 234 valence electrons. The molecule has 4 N–H and O–H groups in total. The number of carbonyl (C=O) groups excluding carboxylic acids is 3. The molecule has 4 rings (SSSR count). The zero-order valence-corrected chi connectivity index (χ0v) is 26.5. The summed E-state index contributed by atoms with van der Waals surface area (Å²) in [6.45, 7) is 3.13. The molecule has 1 atom stereocenters. The van der Waals surface area contributed by atoms with Crippen molar-refractivity contribution in [3.05, 3.63) is 135 Å². The van der Waals surface area contributed by atoms with Crippen LogP contribution in [0, 0.1) is 0 Å². The first-order valence-corrected chi connectivity index (χ1v) is 15.4. The Morgan fingerprint density at radius 1 is 0.822 bits per heavy atom. The number of carbonyl (C=O) groups is 3. The maximum Gasteiger partial charge on any atom is 0.324 e. The van der Waals surface area contributed by atoms with Gasteiger partial charge in [0.15, 0.2) is 0 Å². The van der Waals surface area contributed by atoms with Crippen molar-refractivity contribution in [1.29, 1.82) is 0 Å². The third-order valence-corrected chi connectivity index (χ3v) is 7.88. The van der Waals surface area contributed by atoms with Crippen LogP contribution < -0.4 is 21.1 Å². The number of hydrogen-bond acceptors (Lipinski definition) is 5. The van der Waals surface area contributed by atoms with Crippen molar-refractivity contribution >= 4 is 41.0 Å². The van der Waals surface area contributed by atoms with Gasteiger partial charge in [-0.25, -0.2) is 4.79 Å². The molecule has 4 aromatic rings. The molecule has 0 unspecified atom stereocenters. The molecule has 8 nitrogen and oxygen atoms in total. The molecule has 0 radical (unpaired) electrons. The van der Waals surface area contributed by atoms with Crippen LogP contribution in [0.1, 0.15) is 39.5 Å². The van der Waals surface area contributed by atoms with E-state index in [0.717, 1.165) is 27.2 Å². The second kappa shape index (κ2) is 16.6. The number of urea groups is 1. The van der Waals surface area contributed by atoms with Crippen LogP contribution in [0.4, 0.5) is 4.79 Å². The third-order valence-electron chi connectivity index (χ3n) is 7.14. The van der Waals surface area contributed by atoms with Gasteiger partial charge in [-0.2, -0.15) is 0 Å². The van der Waals surface area contributed by atoms with Crippen LogP contribution in [-0.4, -0.2) is 41.9 Å². The predicted molar refractivity (Wildman–Crippen MR) is 177 cm³/mol. The maximum atomic E-state index is 14.2. The standard InChI is InChI=1S/C35H36Cl2N4O4/c1-2-45-29-15-12-25(13-16-29)20-32(40-33(42)28-14-17-30(36)31(37)21-28)34(43)41(19-18-24-6-4-3-5-7-24)35(44)39-23-27-10-8-26(22-38)9-11-27/h3-17,21,32H,2,18-20,22-23,38H2,1H3,(H,39,44)(H,40,42)/t32-/m1/s1. The third kappa shape index (κ3) is 9.81. The van der Waals surface area contributed by atoms with Crippen molar-refractivity contribution < 1.29 is 19.1 Å².